The van der Waals surface area contributed by atoms with Crippen LogP contribution >= 0.6 is 0 Å². The first kappa shape index (κ1) is 32.4. The lowest BCUT2D eigenvalue weighted by Crippen LogP contribution is -2.42. The highest BCUT2D eigenvalue weighted by molar-refractivity contribution is 6.08. The first-order valence-corrected chi connectivity index (χ1v) is 13.5. The van der Waals surface area contributed by atoms with Gasteiger partial charge in [-0.25, -0.2) is 0 Å². The van der Waals surface area contributed by atoms with Crippen molar-refractivity contribution in [2.24, 2.45) is 5.73 Å². The molecule has 4 aromatic rings. The minimum Gasteiger partial charge on any atom is -0.375 e. The van der Waals surface area contributed by atoms with E-state index in [-0.39, 0.29) is 35.9 Å². The van der Waals surface area contributed by atoms with E-state index in [0.717, 1.165) is 11.1 Å². The zero-order valence-electron chi connectivity index (χ0n) is 23.2. The SMILES string of the molecule is NC(=O)c1ccccc1C(=O)CNC(COCc1cc(C(F)(F)F)cc(C(F)(F)F)c1)C(c1ccccc1)c1ccccc1. The lowest BCUT2D eigenvalue weighted by atomic mass is 9.85. The normalized spacial score (nSPS) is 12.7. The molecule has 1 amide bonds. The van der Waals surface area contributed by atoms with Crippen LogP contribution in [0.4, 0.5) is 26.3 Å². The number of Topliss-reactive ketones (excluding diaryl/α,β-unsaturated/α-hetero) is 1. The minimum atomic E-state index is -4.99. The fraction of sp³-hybridized carbons (Fsp3) is 0.212. The molecule has 0 spiro atoms. The van der Waals surface area contributed by atoms with Crippen molar-refractivity contribution in [3.63, 3.8) is 0 Å². The third kappa shape index (κ3) is 8.33. The Morgan fingerprint density at radius 3 is 1.66 bits per heavy atom. The molecule has 1 unspecified atom stereocenters. The summed E-state index contributed by atoms with van der Waals surface area (Å²) in [5.74, 6) is -1.67. The molecule has 11 heteroatoms. The zero-order chi connectivity index (χ0) is 31.9. The molecule has 0 aliphatic heterocycles. The molecule has 0 aromatic heterocycles. The summed E-state index contributed by atoms with van der Waals surface area (Å²) in [6, 6.07) is 25.0. The molecule has 0 bridgehead atoms. The molecular formula is C33H28F6N2O3. The van der Waals surface area contributed by atoms with Crippen LogP contribution in [0.3, 0.4) is 0 Å². The number of hydrogen-bond donors (Lipinski definition) is 2. The molecule has 230 valence electrons. The molecule has 0 fully saturated rings. The minimum absolute atomic E-state index is 0.0415. The van der Waals surface area contributed by atoms with Crippen LogP contribution in [0.1, 0.15) is 54.5 Å². The van der Waals surface area contributed by atoms with Gasteiger partial charge in [0.05, 0.1) is 30.9 Å². The van der Waals surface area contributed by atoms with Crippen molar-refractivity contribution in [2.75, 3.05) is 13.2 Å². The van der Waals surface area contributed by atoms with Crippen LogP contribution < -0.4 is 11.1 Å². The number of amides is 1. The third-order valence-electron chi connectivity index (χ3n) is 6.95. The predicted octanol–water partition coefficient (Wildman–Crippen LogP) is 7.01. The van der Waals surface area contributed by atoms with Gasteiger partial charge in [-0.15, -0.1) is 0 Å². The Hall–Kier alpha value is -4.48. The number of ether oxygens (including phenoxy) is 1. The largest absolute Gasteiger partial charge is 0.416 e. The van der Waals surface area contributed by atoms with Gasteiger partial charge in [-0.05, 0) is 41.0 Å². The van der Waals surface area contributed by atoms with Crippen molar-refractivity contribution in [3.8, 4) is 0 Å². The Labute approximate surface area is 249 Å². The Balaban J connectivity index is 1.64. The van der Waals surface area contributed by atoms with Crippen LogP contribution in [0.15, 0.2) is 103 Å². The predicted molar refractivity (Wildman–Crippen MR) is 152 cm³/mol. The van der Waals surface area contributed by atoms with Gasteiger partial charge in [0.2, 0.25) is 5.91 Å². The number of nitrogens with one attached hydrogen (secondary N) is 1. The van der Waals surface area contributed by atoms with Crippen molar-refractivity contribution >= 4 is 11.7 Å². The Morgan fingerprint density at radius 2 is 1.18 bits per heavy atom. The number of alkyl halides is 6. The summed E-state index contributed by atoms with van der Waals surface area (Å²) < 4.78 is 86.1. The van der Waals surface area contributed by atoms with E-state index in [9.17, 15) is 35.9 Å². The summed E-state index contributed by atoms with van der Waals surface area (Å²) in [6.45, 7) is -1.02. The van der Waals surface area contributed by atoms with E-state index in [0.29, 0.717) is 12.1 Å². The summed E-state index contributed by atoms with van der Waals surface area (Å²) in [5, 5.41) is 3.15. The average molecular weight is 615 g/mol. The van der Waals surface area contributed by atoms with Gasteiger partial charge in [0, 0.05) is 23.1 Å². The van der Waals surface area contributed by atoms with E-state index in [4.69, 9.17) is 10.5 Å². The van der Waals surface area contributed by atoms with E-state index in [1.54, 1.807) is 12.1 Å². The Morgan fingerprint density at radius 1 is 0.705 bits per heavy atom. The number of primary amides is 1. The second-order valence-corrected chi connectivity index (χ2v) is 10.0. The monoisotopic (exact) mass is 614 g/mol. The molecule has 0 heterocycles. The molecule has 4 aromatic carbocycles. The molecule has 0 radical (unpaired) electrons. The number of benzene rings is 4. The number of carbonyl (C=O) groups is 2. The van der Waals surface area contributed by atoms with Crippen LogP contribution in [0, 0.1) is 0 Å². The number of rotatable bonds is 12. The highest BCUT2D eigenvalue weighted by atomic mass is 19.4. The fourth-order valence-corrected chi connectivity index (χ4v) is 4.92. The van der Waals surface area contributed by atoms with Crippen molar-refractivity contribution in [3.05, 3.63) is 142 Å². The second-order valence-electron chi connectivity index (χ2n) is 10.0. The summed E-state index contributed by atoms with van der Waals surface area (Å²) in [5.41, 5.74) is 4.03. The average Bonchev–Trinajstić information content (AvgIpc) is 2.99. The van der Waals surface area contributed by atoms with Gasteiger partial charge in [0.25, 0.3) is 0 Å². The van der Waals surface area contributed by atoms with Crippen LogP contribution in [0.25, 0.3) is 0 Å². The first-order valence-electron chi connectivity index (χ1n) is 13.5. The molecule has 1 atom stereocenters. The maximum Gasteiger partial charge on any atom is 0.416 e. The number of halogens is 6. The zero-order valence-corrected chi connectivity index (χ0v) is 23.2. The van der Waals surface area contributed by atoms with Gasteiger partial charge in [0.1, 0.15) is 0 Å². The maximum absolute atomic E-state index is 13.4. The van der Waals surface area contributed by atoms with E-state index < -0.39 is 53.7 Å². The molecule has 4 rings (SSSR count). The van der Waals surface area contributed by atoms with Gasteiger partial charge in [-0.1, -0.05) is 78.9 Å². The second kappa shape index (κ2) is 13.9. The lowest BCUT2D eigenvalue weighted by molar-refractivity contribution is -0.143. The molecular weight excluding hydrogens is 586 g/mol. The standard InChI is InChI=1S/C33H28F6N2O3/c34-32(35,36)24-15-21(16-25(17-24)33(37,38)39)19-44-20-28(41-18-29(42)26-13-7-8-14-27(26)31(40)43)30(22-9-3-1-4-10-22)23-11-5-2-6-12-23/h1-17,28,30,41H,18-20H2,(H2,40,43). The molecule has 5 nitrogen and oxygen atoms in total. The smallest absolute Gasteiger partial charge is 0.375 e. The van der Waals surface area contributed by atoms with Gasteiger partial charge in [0.15, 0.2) is 5.78 Å². The number of carbonyl (C=O) groups excluding carboxylic acids is 2. The van der Waals surface area contributed by atoms with Crippen molar-refractivity contribution in [1.29, 1.82) is 0 Å². The molecule has 0 aliphatic carbocycles. The van der Waals surface area contributed by atoms with E-state index in [1.165, 1.54) is 12.1 Å². The van der Waals surface area contributed by atoms with E-state index in [1.807, 2.05) is 60.7 Å². The lowest BCUT2D eigenvalue weighted by Gasteiger charge is -2.29. The van der Waals surface area contributed by atoms with E-state index in [2.05, 4.69) is 5.32 Å². The Bertz CT molecular complexity index is 1500. The van der Waals surface area contributed by atoms with Crippen LogP contribution in [0.5, 0.6) is 0 Å². The summed E-state index contributed by atoms with van der Waals surface area (Å²) in [4.78, 5) is 25.1. The topological polar surface area (TPSA) is 81.4 Å². The van der Waals surface area contributed by atoms with Gasteiger partial charge >= 0.3 is 12.4 Å². The summed E-state index contributed by atoms with van der Waals surface area (Å²) >= 11 is 0. The maximum atomic E-state index is 13.4. The molecule has 0 aliphatic rings. The highest BCUT2D eigenvalue weighted by Gasteiger charge is 2.37. The highest BCUT2D eigenvalue weighted by Crippen LogP contribution is 2.36. The molecule has 44 heavy (non-hydrogen) atoms. The number of nitrogens with two attached hydrogens (primary N) is 1. The van der Waals surface area contributed by atoms with E-state index >= 15 is 0 Å². The van der Waals surface area contributed by atoms with Crippen LogP contribution in [-0.4, -0.2) is 30.9 Å². The van der Waals surface area contributed by atoms with Crippen LogP contribution in [0.2, 0.25) is 0 Å². The van der Waals surface area contributed by atoms with Gasteiger partial charge in [-0.3, -0.25) is 9.59 Å². The summed E-state index contributed by atoms with van der Waals surface area (Å²) in [6.07, 6.45) is -9.99. The number of hydrogen-bond acceptors (Lipinski definition) is 4. The number of ketones is 1. The Kier molecular flexibility index (Phi) is 10.2. The fourth-order valence-electron chi connectivity index (χ4n) is 4.92. The van der Waals surface area contributed by atoms with Crippen molar-refractivity contribution in [1.82, 2.24) is 5.32 Å². The van der Waals surface area contributed by atoms with Gasteiger partial charge in [-0.2, -0.15) is 26.3 Å². The quantitative estimate of drug-likeness (QED) is 0.133. The van der Waals surface area contributed by atoms with Crippen molar-refractivity contribution < 1.29 is 40.7 Å². The summed E-state index contributed by atoms with van der Waals surface area (Å²) in [7, 11) is 0. The molecule has 0 saturated heterocycles. The van der Waals surface area contributed by atoms with Crippen molar-refractivity contribution in [2.45, 2.75) is 30.9 Å². The van der Waals surface area contributed by atoms with Crippen LogP contribution in [-0.2, 0) is 23.7 Å². The van der Waals surface area contributed by atoms with Gasteiger partial charge < -0.3 is 15.8 Å². The third-order valence-corrected chi connectivity index (χ3v) is 6.95. The molecule has 3 N–H and O–H groups in total. The molecule has 0 saturated carbocycles. The first-order chi connectivity index (χ1) is 20.8.